The Kier molecular flexibility index (Phi) is 14.6. The molecule has 50 heavy (non-hydrogen) atoms. The van der Waals surface area contributed by atoms with Gasteiger partial charge in [0.25, 0.3) is 0 Å². The molecule has 1 atom stereocenters. The highest BCUT2D eigenvalue weighted by Gasteiger charge is 2.38. The second kappa shape index (κ2) is 18.4. The highest BCUT2D eigenvalue weighted by Crippen LogP contribution is 2.39. The number of amides is 2. The van der Waals surface area contributed by atoms with E-state index in [1.807, 2.05) is 37.3 Å². The maximum atomic E-state index is 12.7. The van der Waals surface area contributed by atoms with Crippen molar-refractivity contribution in [1.29, 1.82) is 5.41 Å². The van der Waals surface area contributed by atoms with Crippen LogP contribution in [-0.2, 0) is 23.9 Å². The Morgan fingerprint density at radius 1 is 1.08 bits per heavy atom. The predicted octanol–water partition coefficient (Wildman–Crippen LogP) is 5.60. The van der Waals surface area contributed by atoms with Crippen molar-refractivity contribution in [2.24, 2.45) is 5.73 Å². The van der Waals surface area contributed by atoms with E-state index in [0.717, 1.165) is 47.7 Å². The molecule has 1 unspecified atom stereocenters. The van der Waals surface area contributed by atoms with Crippen LogP contribution in [0.1, 0.15) is 50.3 Å². The highest BCUT2D eigenvalue weighted by molar-refractivity contribution is 7.19. The van der Waals surface area contributed by atoms with Crippen molar-refractivity contribution in [3.8, 4) is 16.2 Å². The molecule has 3 aromatic rings. The smallest absolute Gasteiger partial charge is 0.490 e. The Hall–Kier alpha value is -4.67. The molecular formula is C33H37ClF3N5O7S. The Morgan fingerprint density at radius 3 is 2.26 bits per heavy atom. The number of esters is 1. The molecule has 2 heterocycles. The maximum absolute atomic E-state index is 12.7. The first-order valence-electron chi connectivity index (χ1n) is 15.3. The molecule has 0 radical (unpaired) electrons. The molecule has 270 valence electrons. The van der Waals surface area contributed by atoms with E-state index in [1.165, 1.54) is 11.3 Å². The minimum Gasteiger partial charge on any atom is -0.490 e. The molecule has 2 amide bonds. The quantitative estimate of drug-likeness (QED) is 0.0683. The van der Waals surface area contributed by atoms with Crippen molar-refractivity contribution < 1.29 is 46.9 Å². The highest BCUT2D eigenvalue weighted by atomic mass is 35.5. The number of nitrogen functional groups attached to an aromatic ring is 1. The third kappa shape index (κ3) is 12.7. The first kappa shape index (κ1) is 39.8. The van der Waals surface area contributed by atoms with Crippen LogP contribution in [0.25, 0.3) is 10.4 Å². The first-order chi connectivity index (χ1) is 23.5. The number of piperidine rings is 1. The number of hydrogen-bond donors (Lipinski definition) is 5. The number of carbonyl (C=O) groups is 4. The monoisotopic (exact) mass is 739 g/mol. The molecule has 2 aromatic carbocycles. The Bertz CT molecular complexity index is 1660. The summed E-state index contributed by atoms with van der Waals surface area (Å²) in [6, 6.07) is 15.7. The summed E-state index contributed by atoms with van der Waals surface area (Å²) in [6.45, 7) is 5.80. The molecule has 0 bridgehead atoms. The zero-order valence-corrected chi connectivity index (χ0v) is 28.7. The molecule has 0 spiro atoms. The van der Waals surface area contributed by atoms with Gasteiger partial charge in [-0.3, -0.25) is 24.7 Å². The molecule has 1 aliphatic rings. The van der Waals surface area contributed by atoms with Crippen LogP contribution < -0.4 is 21.1 Å². The number of rotatable bonds is 12. The molecule has 1 fully saturated rings. The number of carbonyl (C=O) groups excluding carboxylic acids is 3. The lowest BCUT2D eigenvalue weighted by atomic mass is 10.0. The van der Waals surface area contributed by atoms with Crippen LogP contribution in [0, 0.1) is 5.41 Å². The lowest BCUT2D eigenvalue weighted by Crippen LogP contribution is -2.41. The largest absolute Gasteiger partial charge is 0.490 e. The molecule has 0 aliphatic carbocycles. The predicted molar refractivity (Wildman–Crippen MR) is 182 cm³/mol. The van der Waals surface area contributed by atoms with Crippen LogP contribution in [0.4, 0.5) is 18.9 Å². The number of carboxylic acids is 1. The van der Waals surface area contributed by atoms with E-state index in [4.69, 9.17) is 42.1 Å². The molecule has 6 N–H and O–H groups in total. The number of amidine groups is 1. The van der Waals surface area contributed by atoms with Gasteiger partial charge in [0, 0.05) is 34.8 Å². The van der Waals surface area contributed by atoms with Crippen LogP contribution >= 0.6 is 22.9 Å². The number of halogens is 4. The second-order valence-corrected chi connectivity index (χ2v) is 12.8. The van der Waals surface area contributed by atoms with E-state index < -0.39 is 24.0 Å². The SMILES string of the molecule is CCOC(=O)CN1CCC(Oc2ccc(C(C)NC(=O)CC(=O)Nc3ccc(C(=N)N)cc3)cc2-c2ccc(Cl)s2)CC1.O=C(O)C(F)(F)F. The van der Waals surface area contributed by atoms with E-state index in [-0.39, 0.29) is 36.9 Å². The fraction of sp³-hybridized carbons (Fsp3) is 0.364. The van der Waals surface area contributed by atoms with E-state index in [1.54, 1.807) is 31.2 Å². The zero-order chi connectivity index (χ0) is 37.0. The molecule has 1 aromatic heterocycles. The van der Waals surface area contributed by atoms with Crippen molar-refractivity contribution in [1.82, 2.24) is 10.2 Å². The summed E-state index contributed by atoms with van der Waals surface area (Å²) in [7, 11) is 0. The number of carboxylic acid groups (broad SMARTS) is 1. The van der Waals surface area contributed by atoms with Gasteiger partial charge in [-0.15, -0.1) is 11.3 Å². The summed E-state index contributed by atoms with van der Waals surface area (Å²) in [4.78, 5) is 48.9. The summed E-state index contributed by atoms with van der Waals surface area (Å²) >= 11 is 7.70. The summed E-state index contributed by atoms with van der Waals surface area (Å²) in [5.74, 6) is -3.18. The lowest BCUT2D eigenvalue weighted by Gasteiger charge is -2.32. The van der Waals surface area contributed by atoms with Crippen LogP contribution in [0.3, 0.4) is 0 Å². The standard InChI is InChI=1S/C31H36ClN5O5S.C2HF3O2/c1-3-41-30(40)18-37-14-12-23(13-15-37)42-25-9-6-21(16-24(25)26-10-11-27(32)43-26)19(2)35-28(38)17-29(39)36-22-7-4-20(5-8-22)31(33)34;3-2(4,5)1(6)7/h4-11,16,19,23H,3,12-15,17-18H2,1-2H3,(H3,33,34)(H,35,38)(H,36,39);(H,6,7). The van der Waals surface area contributed by atoms with Crippen molar-refractivity contribution in [2.45, 2.75) is 51.4 Å². The molecular weight excluding hydrogens is 703 g/mol. The van der Waals surface area contributed by atoms with Gasteiger partial charge in [0.15, 0.2) is 0 Å². The number of aliphatic carboxylic acids is 1. The molecule has 4 rings (SSSR count). The Balaban J connectivity index is 0.000000872. The number of benzene rings is 2. The topological polar surface area (TPSA) is 184 Å². The third-order valence-electron chi connectivity index (χ3n) is 7.25. The summed E-state index contributed by atoms with van der Waals surface area (Å²) < 4.78 is 43.9. The maximum Gasteiger partial charge on any atom is 0.490 e. The average Bonchev–Trinajstić information content (AvgIpc) is 3.48. The van der Waals surface area contributed by atoms with Crippen LogP contribution in [0.5, 0.6) is 5.75 Å². The average molecular weight is 740 g/mol. The third-order valence-corrected chi connectivity index (χ3v) is 8.51. The van der Waals surface area contributed by atoms with Crippen LogP contribution in [0.15, 0.2) is 54.6 Å². The second-order valence-electron chi connectivity index (χ2n) is 11.1. The summed E-state index contributed by atoms with van der Waals surface area (Å²) in [5.41, 5.74) is 8.24. The minimum atomic E-state index is -5.08. The molecule has 12 nitrogen and oxygen atoms in total. The van der Waals surface area contributed by atoms with Gasteiger partial charge in [-0.05, 0) is 80.8 Å². The van der Waals surface area contributed by atoms with Gasteiger partial charge in [-0.25, -0.2) is 4.79 Å². The molecule has 0 saturated carbocycles. The van der Waals surface area contributed by atoms with Gasteiger partial charge in [-0.1, -0.05) is 17.7 Å². The van der Waals surface area contributed by atoms with Crippen LogP contribution in [0.2, 0.25) is 4.34 Å². The first-order valence-corrected chi connectivity index (χ1v) is 16.5. The Morgan fingerprint density at radius 2 is 1.72 bits per heavy atom. The van der Waals surface area contributed by atoms with Crippen molar-refractivity contribution in [3.05, 3.63) is 70.1 Å². The minimum absolute atomic E-state index is 0.00668. The van der Waals surface area contributed by atoms with Gasteiger partial charge < -0.3 is 30.9 Å². The van der Waals surface area contributed by atoms with Crippen molar-refractivity contribution in [3.63, 3.8) is 0 Å². The fourth-order valence-corrected chi connectivity index (χ4v) is 5.85. The normalized spacial score (nSPS) is 14.0. The summed E-state index contributed by atoms with van der Waals surface area (Å²) in [6.07, 6.45) is -3.88. The molecule has 1 saturated heterocycles. The number of nitrogens with two attached hydrogens (primary N) is 1. The summed E-state index contributed by atoms with van der Waals surface area (Å²) in [5, 5.41) is 20.2. The van der Waals surface area contributed by atoms with E-state index in [0.29, 0.717) is 22.2 Å². The number of ether oxygens (including phenoxy) is 2. The van der Waals surface area contributed by atoms with Gasteiger partial charge in [0.2, 0.25) is 11.8 Å². The van der Waals surface area contributed by atoms with Gasteiger partial charge >= 0.3 is 18.1 Å². The molecule has 17 heteroatoms. The van der Waals surface area contributed by atoms with E-state index >= 15 is 0 Å². The number of anilines is 1. The number of likely N-dealkylation sites (tertiary alicyclic amines) is 1. The fourth-order valence-electron chi connectivity index (χ4n) is 4.79. The number of alkyl halides is 3. The number of nitrogens with one attached hydrogen (secondary N) is 3. The molecule has 1 aliphatic heterocycles. The number of thiophene rings is 1. The Labute approximate surface area is 295 Å². The number of hydrogen-bond acceptors (Lipinski definition) is 9. The lowest BCUT2D eigenvalue weighted by molar-refractivity contribution is -0.192. The van der Waals surface area contributed by atoms with Gasteiger partial charge in [-0.2, -0.15) is 13.2 Å². The van der Waals surface area contributed by atoms with Crippen molar-refractivity contribution in [2.75, 3.05) is 31.6 Å². The van der Waals surface area contributed by atoms with E-state index in [2.05, 4.69) is 15.5 Å². The van der Waals surface area contributed by atoms with Gasteiger partial charge in [0.05, 0.1) is 23.5 Å². The van der Waals surface area contributed by atoms with E-state index in [9.17, 15) is 27.6 Å². The van der Waals surface area contributed by atoms with Crippen LogP contribution in [-0.4, -0.2) is 78.1 Å². The van der Waals surface area contributed by atoms with Gasteiger partial charge in [0.1, 0.15) is 24.1 Å². The number of nitrogens with zero attached hydrogens (tertiary/aromatic N) is 1. The van der Waals surface area contributed by atoms with Crippen molar-refractivity contribution >= 4 is 58.2 Å². The zero-order valence-electron chi connectivity index (χ0n) is 27.1.